The average molecular weight is 365 g/mol. The van der Waals surface area contributed by atoms with Gasteiger partial charge in [0, 0.05) is 38.1 Å². The lowest BCUT2D eigenvalue weighted by Gasteiger charge is -2.29. The highest BCUT2D eigenvalue weighted by molar-refractivity contribution is 5.95. The van der Waals surface area contributed by atoms with Crippen LogP contribution in [0.15, 0.2) is 30.5 Å². The molecule has 142 valence electrons. The van der Waals surface area contributed by atoms with E-state index in [1.54, 1.807) is 25.4 Å². The number of aryl methyl sites for hydroxylation is 1. The van der Waals surface area contributed by atoms with E-state index in [9.17, 15) is 10.1 Å². The predicted molar refractivity (Wildman–Crippen MR) is 110 cm³/mol. The van der Waals surface area contributed by atoms with Crippen LogP contribution in [0.25, 0.3) is 0 Å². The van der Waals surface area contributed by atoms with Crippen LogP contribution in [-0.4, -0.2) is 31.5 Å². The second-order valence-corrected chi connectivity index (χ2v) is 7.82. The third-order valence-electron chi connectivity index (χ3n) is 4.14. The molecule has 0 spiro atoms. The highest BCUT2D eigenvalue weighted by atomic mass is 16.1. The number of hydrogen-bond donors (Lipinski definition) is 2. The van der Waals surface area contributed by atoms with Gasteiger partial charge in [-0.3, -0.25) is 4.79 Å². The predicted octanol–water partition coefficient (Wildman–Crippen LogP) is 3.85. The summed E-state index contributed by atoms with van der Waals surface area (Å²) in [6, 6.07) is 9.53. The van der Waals surface area contributed by atoms with Gasteiger partial charge in [0.25, 0.3) is 5.91 Å². The molecular weight excluding hydrogens is 338 g/mol. The molecule has 0 saturated carbocycles. The average Bonchev–Trinajstić information content (AvgIpc) is 2.61. The molecule has 1 aromatic carbocycles. The number of nitriles is 1. The molecule has 0 fully saturated rings. The van der Waals surface area contributed by atoms with Gasteiger partial charge in [0.2, 0.25) is 0 Å². The molecule has 0 saturated heterocycles. The Morgan fingerprint density at radius 1 is 1.30 bits per heavy atom. The van der Waals surface area contributed by atoms with Crippen molar-refractivity contribution in [2.24, 2.45) is 5.41 Å². The molecule has 0 atom stereocenters. The standard InChI is InChI=1S/C21H27N5O/c1-14-7-8-15(20(27)23-5)11-17(14)25-19-16(12-22)18(9-10-24-19)26(6)13-21(2,3)4/h7-11H,13H2,1-6H3,(H,23,27)(H,24,25). The molecule has 2 rings (SSSR count). The number of carbonyl (C=O) groups is 1. The van der Waals surface area contributed by atoms with Gasteiger partial charge in [-0.2, -0.15) is 5.26 Å². The van der Waals surface area contributed by atoms with Crippen molar-refractivity contribution in [2.45, 2.75) is 27.7 Å². The fourth-order valence-corrected chi connectivity index (χ4v) is 2.94. The Labute approximate surface area is 161 Å². The van der Waals surface area contributed by atoms with Crippen molar-refractivity contribution in [2.75, 3.05) is 30.9 Å². The van der Waals surface area contributed by atoms with Crippen molar-refractivity contribution in [1.29, 1.82) is 5.26 Å². The number of aromatic nitrogens is 1. The van der Waals surface area contributed by atoms with Crippen LogP contribution < -0.4 is 15.5 Å². The normalized spacial score (nSPS) is 10.9. The summed E-state index contributed by atoms with van der Waals surface area (Å²) < 4.78 is 0. The lowest BCUT2D eigenvalue weighted by atomic mass is 9.96. The molecule has 0 aliphatic heterocycles. The topological polar surface area (TPSA) is 81.1 Å². The maximum atomic E-state index is 11.9. The highest BCUT2D eigenvalue weighted by Crippen LogP contribution is 2.30. The first-order valence-corrected chi connectivity index (χ1v) is 8.86. The van der Waals surface area contributed by atoms with E-state index < -0.39 is 0 Å². The van der Waals surface area contributed by atoms with E-state index in [0.717, 1.165) is 23.5 Å². The van der Waals surface area contributed by atoms with Gasteiger partial charge in [0.05, 0.1) is 5.69 Å². The van der Waals surface area contributed by atoms with Gasteiger partial charge in [-0.15, -0.1) is 0 Å². The van der Waals surface area contributed by atoms with Crippen molar-refractivity contribution in [3.8, 4) is 6.07 Å². The fourth-order valence-electron chi connectivity index (χ4n) is 2.94. The maximum Gasteiger partial charge on any atom is 0.251 e. The number of hydrogen-bond acceptors (Lipinski definition) is 5. The van der Waals surface area contributed by atoms with E-state index in [2.05, 4.69) is 47.4 Å². The monoisotopic (exact) mass is 365 g/mol. The van der Waals surface area contributed by atoms with E-state index >= 15 is 0 Å². The van der Waals surface area contributed by atoms with Gasteiger partial charge in [0.1, 0.15) is 17.5 Å². The molecule has 0 aliphatic carbocycles. The summed E-state index contributed by atoms with van der Waals surface area (Å²) >= 11 is 0. The summed E-state index contributed by atoms with van der Waals surface area (Å²) in [4.78, 5) is 18.3. The van der Waals surface area contributed by atoms with Crippen molar-refractivity contribution in [3.05, 3.63) is 47.2 Å². The Bertz CT molecular complexity index is 877. The zero-order valence-corrected chi connectivity index (χ0v) is 16.8. The van der Waals surface area contributed by atoms with Crippen LogP contribution in [0.2, 0.25) is 0 Å². The third-order valence-corrected chi connectivity index (χ3v) is 4.14. The molecule has 0 bridgehead atoms. The first-order chi connectivity index (χ1) is 12.7. The van der Waals surface area contributed by atoms with Gasteiger partial charge < -0.3 is 15.5 Å². The number of nitrogens with one attached hydrogen (secondary N) is 2. The van der Waals surface area contributed by atoms with E-state index in [-0.39, 0.29) is 11.3 Å². The van der Waals surface area contributed by atoms with Crippen LogP contribution in [0, 0.1) is 23.7 Å². The first-order valence-electron chi connectivity index (χ1n) is 8.86. The minimum absolute atomic E-state index is 0.0940. The molecule has 27 heavy (non-hydrogen) atoms. The zero-order valence-electron chi connectivity index (χ0n) is 16.8. The number of benzene rings is 1. The SMILES string of the molecule is CNC(=O)c1ccc(C)c(Nc2nccc(N(C)CC(C)(C)C)c2C#N)c1. The van der Waals surface area contributed by atoms with E-state index in [0.29, 0.717) is 16.9 Å². The minimum Gasteiger partial charge on any atom is -0.373 e. The van der Waals surface area contributed by atoms with Gasteiger partial charge >= 0.3 is 0 Å². The van der Waals surface area contributed by atoms with Crippen LogP contribution in [-0.2, 0) is 0 Å². The number of nitrogens with zero attached hydrogens (tertiary/aromatic N) is 3. The Morgan fingerprint density at radius 2 is 2.00 bits per heavy atom. The van der Waals surface area contributed by atoms with E-state index in [1.165, 1.54) is 0 Å². The molecule has 1 heterocycles. The van der Waals surface area contributed by atoms with Crippen molar-refractivity contribution < 1.29 is 4.79 Å². The Kier molecular flexibility index (Phi) is 6.06. The minimum atomic E-state index is -0.162. The molecular formula is C21H27N5O. The molecule has 0 aliphatic rings. The molecule has 0 unspecified atom stereocenters. The molecule has 1 amide bonds. The van der Waals surface area contributed by atoms with Gasteiger partial charge in [-0.05, 0) is 36.1 Å². The molecule has 1 aromatic heterocycles. The zero-order chi connectivity index (χ0) is 20.2. The summed E-state index contributed by atoms with van der Waals surface area (Å²) in [6.45, 7) is 9.21. The van der Waals surface area contributed by atoms with Crippen LogP contribution in [0.3, 0.4) is 0 Å². The van der Waals surface area contributed by atoms with Crippen LogP contribution in [0.1, 0.15) is 42.3 Å². The number of rotatable bonds is 5. The molecule has 2 N–H and O–H groups in total. The lowest BCUT2D eigenvalue weighted by molar-refractivity contribution is 0.0963. The lowest BCUT2D eigenvalue weighted by Crippen LogP contribution is -2.29. The molecule has 6 heteroatoms. The fraction of sp³-hybridized carbons (Fsp3) is 0.381. The first kappa shape index (κ1) is 20.2. The van der Waals surface area contributed by atoms with Crippen molar-refractivity contribution in [1.82, 2.24) is 10.3 Å². The Morgan fingerprint density at radius 3 is 2.59 bits per heavy atom. The third kappa shape index (κ3) is 4.98. The maximum absolute atomic E-state index is 11.9. The number of pyridine rings is 1. The summed E-state index contributed by atoms with van der Waals surface area (Å²) in [5, 5.41) is 15.6. The Hall–Kier alpha value is -3.07. The quantitative estimate of drug-likeness (QED) is 0.841. The van der Waals surface area contributed by atoms with Gasteiger partial charge in [0.15, 0.2) is 0 Å². The van der Waals surface area contributed by atoms with Crippen molar-refractivity contribution >= 4 is 23.1 Å². The summed E-state index contributed by atoms with van der Waals surface area (Å²) in [5.41, 5.74) is 3.65. The number of amides is 1. The molecule has 2 aromatic rings. The van der Waals surface area contributed by atoms with Crippen LogP contribution >= 0.6 is 0 Å². The largest absolute Gasteiger partial charge is 0.373 e. The Balaban J connectivity index is 2.42. The summed E-state index contributed by atoms with van der Waals surface area (Å²) in [7, 11) is 3.57. The molecule has 6 nitrogen and oxygen atoms in total. The van der Waals surface area contributed by atoms with Crippen molar-refractivity contribution in [3.63, 3.8) is 0 Å². The van der Waals surface area contributed by atoms with Gasteiger partial charge in [-0.1, -0.05) is 26.8 Å². The molecule has 0 radical (unpaired) electrons. The van der Waals surface area contributed by atoms with Crippen LogP contribution in [0.4, 0.5) is 17.2 Å². The summed E-state index contributed by atoms with van der Waals surface area (Å²) in [5.74, 6) is 0.318. The second-order valence-electron chi connectivity index (χ2n) is 7.82. The number of anilines is 3. The number of carbonyl (C=O) groups excluding carboxylic acids is 1. The van der Waals surface area contributed by atoms with E-state index in [1.807, 2.05) is 26.1 Å². The van der Waals surface area contributed by atoms with Gasteiger partial charge in [-0.25, -0.2) is 4.98 Å². The summed E-state index contributed by atoms with van der Waals surface area (Å²) in [6.07, 6.45) is 1.69. The highest BCUT2D eigenvalue weighted by Gasteiger charge is 2.19. The van der Waals surface area contributed by atoms with E-state index in [4.69, 9.17) is 0 Å². The smallest absolute Gasteiger partial charge is 0.251 e. The van der Waals surface area contributed by atoms with Crippen LogP contribution in [0.5, 0.6) is 0 Å². The second kappa shape index (κ2) is 8.09.